The fraction of sp³-hybridized carbons (Fsp3) is 0.381. The van der Waals surface area contributed by atoms with Gasteiger partial charge in [0.2, 0.25) is 5.91 Å². The second-order valence-electron chi connectivity index (χ2n) is 6.71. The monoisotopic (exact) mass is 338 g/mol. The van der Waals surface area contributed by atoms with Crippen LogP contribution in [0.3, 0.4) is 0 Å². The maximum atomic E-state index is 12.8. The van der Waals surface area contributed by atoms with Gasteiger partial charge in [0.1, 0.15) is 0 Å². The lowest BCUT2D eigenvalue weighted by Crippen LogP contribution is -2.45. The van der Waals surface area contributed by atoms with Crippen LogP contribution in [0.2, 0.25) is 0 Å². The molecule has 1 amide bonds. The summed E-state index contributed by atoms with van der Waals surface area (Å²) in [5, 5.41) is 9.40. The highest BCUT2D eigenvalue weighted by Gasteiger charge is 2.24. The Bertz CT molecular complexity index is 660. The average molecular weight is 338 g/mol. The van der Waals surface area contributed by atoms with E-state index in [0.29, 0.717) is 19.6 Å². The van der Waals surface area contributed by atoms with Crippen molar-refractivity contribution in [3.63, 3.8) is 0 Å². The van der Waals surface area contributed by atoms with Gasteiger partial charge in [0.15, 0.2) is 0 Å². The third kappa shape index (κ3) is 4.83. The van der Waals surface area contributed by atoms with Gasteiger partial charge < -0.3 is 14.9 Å². The fourth-order valence-electron chi connectivity index (χ4n) is 3.38. The Labute approximate surface area is 149 Å². The molecule has 2 aromatic carbocycles. The number of para-hydroxylation sites is 1. The van der Waals surface area contributed by atoms with Crippen molar-refractivity contribution < 1.29 is 9.90 Å². The maximum absolute atomic E-state index is 12.8. The molecule has 2 aromatic rings. The molecule has 0 radical (unpaired) electrons. The van der Waals surface area contributed by atoms with Crippen molar-refractivity contribution >= 4 is 11.6 Å². The molecule has 0 spiro atoms. The summed E-state index contributed by atoms with van der Waals surface area (Å²) in [6.45, 7) is 2.69. The molecule has 25 heavy (non-hydrogen) atoms. The number of rotatable bonds is 6. The van der Waals surface area contributed by atoms with Gasteiger partial charge in [-0.1, -0.05) is 48.5 Å². The van der Waals surface area contributed by atoms with E-state index in [9.17, 15) is 9.90 Å². The topological polar surface area (TPSA) is 43.8 Å². The van der Waals surface area contributed by atoms with E-state index in [4.69, 9.17) is 0 Å². The van der Waals surface area contributed by atoms with Crippen molar-refractivity contribution in [2.75, 3.05) is 31.1 Å². The van der Waals surface area contributed by atoms with Gasteiger partial charge in [0.25, 0.3) is 0 Å². The Morgan fingerprint density at radius 3 is 2.44 bits per heavy atom. The minimum Gasteiger partial charge on any atom is -0.396 e. The molecular weight excluding hydrogens is 312 g/mol. The number of benzene rings is 2. The molecule has 1 saturated heterocycles. The number of anilines is 1. The van der Waals surface area contributed by atoms with E-state index in [2.05, 4.69) is 17.0 Å². The van der Waals surface area contributed by atoms with Crippen molar-refractivity contribution in [2.24, 2.45) is 5.92 Å². The van der Waals surface area contributed by atoms with Crippen LogP contribution in [0.25, 0.3) is 0 Å². The second kappa shape index (κ2) is 8.67. The number of hydrogen-bond acceptors (Lipinski definition) is 3. The SMILES string of the molecule is O=C(CN(Cc1ccccc1)c1ccccc1)N1CCC[C@@H](CO)C1. The largest absolute Gasteiger partial charge is 0.396 e. The van der Waals surface area contributed by atoms with Gasteiger partial charge in [-0.3, -0.25) is 4.79 Å². The van der Waals surface area contributed by atoms with Crippen LogP contribution in [0.15, 0.2) is 60.7 Å². The summed E-state index contributed by atoms with van der Waals surface area (Å²) in [6, 6.07) is 20.3. The standard InChI is InChI=1S/C21H26N2O2/c24-17-19-10-7-13-22(15-19)21(25)16-23(20-11-5-2-6-12-20)14-18-8-3-1-4-9-18/h1-6,8-9,11-12,19,24H,7,10,13-17H2/t19-/m1/s1. The molecule has 0 saturated carbocycles. The number of aliphatic hydroxyl groups is 1. The molecule has 0 unspecified atom stereocenters. The highest BCUT2D eigenvalue weighted by atomic mass is 16.3. The molecule has 0 bridgehead atoms. The lowest BCUT2D eigenvalue weighted by Gasteiger charge is -2.34. The molecule has 1 aliphatic heterocycles. The Morgan fingerprint density at radius 2 is 1.76 bits per heavy atom. The Morgan fingerprint density at radius 1 is 1.08 bits per heavy atom. The Balaban J connectivity index is 1.72. The van der Waals surface area contributed by atoms with Crippen LogP contribution < -0.4 is 4.90 Å². The van der Waals surface area contributed by atoms with Crippen molar-refractivity contribution in [2.45, 2.75) is 19.4 Å². The zero-order valence-corrected chi connectivity index (χ0v) is 14.6. The molecule has 1 atom stereocenters. The van der Waals surface area contributed by atoms with E-state index in [1.807, 2.05) is 53.4 Å². The predicted molar refractivity (Wildman–Crippen MR) is 100 cm³/mol. The second-order valence-corrected chi connectivity index (χ2v) is 6.71. The lowest BCUT2D eigenvalue weighted by atomic mass is 9.99. The quantitative estimate of drug-likeness (QED) is 0.881. The molecular formula is C21H26N2O2. The molecule has 132 valence electrons. The van der Waals surface area contributed by atoms with Crippen molar-refractivity contribution in [3.05, 3.63) is 66.2 Å². The van der Waals surface area contributed by atoms with Crippen molar-refractivity contribution in [1.82, 2.24) is 4.90 Å². The molecule has 1 N–H and O–H groups in total. The number of hydrogen-bond donors (Lipinski definition) is 1. The van der Waals surface area contributed by atoms with E-state index in [0.717, 1.165) is 25.1 Å². The van der Waals surface area contributed by atoms with Gasteiger partial charge in [-0.2, -0.15) is 0 Å². The summed E-state index contributed by atoms with van der Waals surface area (Å²) in [5.74, 6) is 0.356. The van der Waals surface area contributed by atoms with E-state index in [1.54, 1.807) is 0 Å². The minimum absolute atomic E-state index is 0.137. The third-order valence-electron chi connectivity index (χ3n) is 4.79. The number of amides is 1. The number of carbonyl (C=O) groups is 1. The first-order valence-electron chi connectivity index (χ1n) is 8.99. The van der Waals surface area contributed by atoms with Gasteiger partial charge in [-0.15, -0.1) is 0 Å². The number of nitrogens with zero attached hydrogens (tertiary/aromatic N) is 2. The number of carbonyl (C=O) groups excluding carboxylic acids is 1. The van der Waals surface area contributed by atoms with E-state index < -0.39 is 0 Å². The smallest absolute Gasteiger partial charge is 0.242 e. The first-order chi connectivity index (χ1) is 12.3. The molecule has 4 heteroatoms. The van der Waals surface area contributed by atoms with E-state index >= 15 is 0 Å². The Hall–Kier alpha value is -2.33. The maximum Gasteiger partial charge on any atom is 0.242 e. The van der Waals surface area contributed by atoms with Crippen LogP contribution >= 0.6 is 0 Å². The van der Waals surface area contributed by atoms with Crippen LogP contribution in [0.1, 0.15) is 18.4 Å². The summed E-state index contributed by atoms with van der Waals surface area (Å²) in [7, 11) is 0. The molecule has 1 fully saturated rings. The minimum atomic E-state index is 0.137. The normalized spacial score (nSPS) is 17.3. The number of aliphatic hydroxyl groups excluding tert-OH is 1. The summed E-state index contributed by atoms with van der Waals surface area (Å²) >= 11 is 0. The average Bonchev–Trinajstić information content (AvgIpc) is 2.69. The first-order valence-corrected chi connectivity index (χ1v) is 8.99. The van der Waals surface area contributed by atoms with Crippen LogP contribution in [0.5, 0.6) is 0 Å². The highest BCUT2D eigenvalue weighted by Crippen LogP contribution is 2.19. The van der Waals surface area contributed by atoms with E-state index in [1.165, 1.54) is 5.56 Å². The third-order valence-corrected chi connectivity index (χ3v) is 4.79. The van der Waals surface area contributed by atoms with Crippen molar-refractivity contribution in [3.8, 4) is 0 Å². The first kappa shape index (κ1) is 17.5. The molecule has 1 heterocycles. The Kier molecular flexibility index (Phi) is 6.07. The fourth-order valence-corrected chi connectivity index (χ4v) is 3.38. The molecule has 3 rings (SSSR count). The predicted octanol–water partition coefficient (Wildman–Crippen LogP) is 2.92. The van der Waals surface area contributed by atoms with Gasteiger partial charge in [-0.05, 0) is 36.5 Å². The van der Waals surface area contributed by atoms with Crippen molar-refractivity contribution in [1.29, 1.82) is 0 Å². The van der Waals surface area contributed by atoms with Crippen LogP contribution in [-0.2, 0) is 11.3 Å². The molecule has 0 aromatic heterocycles. The lowest BCUT2D eigenvalue weighted by molar-refractivity contribution is -0.131. The summed E-state index contributed by atoms with van der Waals surface area (Å²) < 4.78 is 0. The van der Waals surface area contributed by atoms with Crippen LogP contribution in [0, 0.1) is 5.92 Å². The zero-order chi connectivity index (χ0) is 17.5. The van der Waals surface area contributed by atoms with Gasteiger partial charge >= 0.3 is 0 Å². The molecule has 4 nitrogen and oxygen atoms in total. The summed E-state index contributed by atoms with van der Waals surface area (Å²) in [5.41, 5.74) is 2.24. The number of piperidine rings is 1. The van der Waals surface area contributed by atoms with Crippen LogP contribution in [-0.4, -0.2) is 42.2 Å². The summed E-state index contributed by atoms with van der Waals surface area (Å²) in [6.07, 6.45) is 1.98. The molecule has 0 aliphatic carbocycles. The van der Waals surface area contributed by atoms with E-state index in [-0.39, 0.29) is 18.4 Å². The van der Waals surface area contributed by atoms with Gasteiger partial charge in [-0.25, -0.2) is 0 Å². The van der Waals surface area contributed by atoms with Gasteiger partial charge in [0.05, 0.1) is 6.54 Å². The highest BCUT2D eigenvalue weighted by molar-refractivity contribution is 5.81. The summed E-state index contributed by atoms with van der Waals surface area (Å²) in [4.78, 5) is 16.9. The van der Waals surface area contributed by atoms with Gasteiger partial charge in [0, 0.05) is 31.9 Å². The number of likely N-dealkylation sites (tertiary alicyclic amines) is 1. The van der Waals surface area contributed by atoms with Crippen LogP contribution in [0.4, 0.5) is 5.69 Å². The zero-order valence-electron chi connectivity index (χ0n) is 14.6. The molecule has 1 aliphatic rings.